The molecule has 0 aliphatic carbocycles. The maximum absolute atomic E-state index is 12.1. The van der Waals surface area contributed by atoms with Gasteiger partial charge in [0, 0.05) is 17.3 Å². The first-order chi connectivity index (χ1) is 11.7. The van der Waals surface area contributed by atoms with Crippen molar-refractivity contribution in [1.29, 1.82) is 0 Å². The van der Waals surface area contributed by atoms with Crippen molar-refractivity contribution >= 4 is 28.7 Å². The van der Waals surface area contributed by atoms with Gasteiger partial charge in [0.1, 0.15) is 5.75 Å². The maximum atomic E-state index is 12.1. The van der Waals surface area contributed by atoms with Gasteiger partial charge in [0.25, 0.3) is 0 Å². The van der Waals surface area contributed by atoms with Crippen LogP contribution in [0.15, 0.2) is 53.3 Å². The van der Waals surface area contributed by atoms with E-state index in [1.54, 1.807) is 24.3 Å². The van der Waals surface area contributed by atoms with Crippen LogP contribution in [0.3, 0.4) is 0 Å². The summed E-state index contributed by atoms with van der Waals surface area (Å²) in [5.41, 5.74) is 2.49. The number of anilines is 1. The molecule has 0 bridgehead atoms. The molecule has 0 unspecified atom stereocenters. The van der Waals surface area contributed by atoms with Crippen molar-refractivity contribution < 1.29 is 9.53 Å². The number of aromatic amines is 2. The summed E-state index contributed by atoms with van der Waals surface area (Å²) >= 11 is 0. The number of aromatic nitrogens is 2. The molecule has 2 aromatic carbocycles. The van der Waals surface area contributed by atoms with Gasteiger partial charge in [0.2, 0.25) is 5.91 Å². The van der Waals surface area contributed by atoms with Crippen LogP contribution in [0.1, 0.15) is 12.5 Å². The lowest BCUT2D eigenvalue weighted by Crippen LogP contribution is -2.07. The molecule has 6 nitrogen and oxygen atoms in total. The molecular weight excluding hydrogens is 306 g/mol. The van der Waals surface area contributed by atoms with Crippen molar-refractivity contribution in [2.45, 2.75) is 6.92 Å². The van der Waals surface area contributed by atoms with Crippen LogP contribution in [0.5, 0.6) is 5.75 Å². The van der Waals surface area contributed by atoms with E-state index in [4.69, 9.17) is 4.74 Å². The average Bonchev–Trinajstić information content (AvgIpc) is 2.93. The molecule has 3 aromatic rings. The van der Waals surface area contributed by atoms with Crippen molar-refractivity contribution in [3.8, 4) is 5.75 Å². The Morgan fingerprint density at radius 1 is 1.17 bits per heavy atom. The number of nitrogens with one attached hydrogen (secondary N) is 3. The number of para-hydroxylation sites is 1. The number of ether oxygens (including phenoxy) is 1. The number of hydrogen-bond acceptors (Lipinski definition) is 3. The minimum absolute atomic E-state index is 0.265. The van der Waals surface area contributed by atoms with E-state index in [9.17, 15) is 9.59 Å². The summed E-state index contributed by atoms with van der Waals surface area (Å²) in [5, 5.41) is 2.76. The van der Waals surface area contributed by atoms with E-state index >= 15 is 0 Å². The van der Waals surface area contributed by atoms with Crippen LogP contribution in [0.4, 0.5) is 5.69 Å². The van der Waals surface area contributed by atoms with Gasteiger partial charge in [-0.25, -0.2) is 4.79 Å². The zero-order chi connectivity index (χ0) is 16.9. The lowest BCUT2D eigenvalue weighted by atomic mass is 10.2. The van der Waals surface area contributed by atoms with E-state index in [-0.39, 0.29) is 11.6 Å². The largest absolute Gasteiger partial charge is 0.493 e. The van der Waals surface area contributed by atoms with Gasteiger partial charge in [-0.3, -0.25) is 4.79 Å². The third-order valence-corrected chi connectivity index (χ3v) is 3.42. The zero-order valence-electron chi connectivity index (χ0n) is 13.1. The Morgan fingerprint density at radius 2 is 1.96 bits per heavy atom. The molecule has 0 fully saturated rings. The van der Waals surface area contributed by atoms with Gasteiger partial charge >= 0.3 is 5.69 Å². The Labute approximate surface area is 138 Å². The summed E-state index contributed by atoms with van der Waals surface area (Å²) in [5.74, 6) is 0.467. The standard InChI is InChI=1S/C18H17N3O3/c1-2-24-16-6-4-3-5-12(16)7-10-17(22)19-13-8-9-14-15(11-13)21-18(23)20-14/h3-11H,2H2,1H3,(H,19,22)(H2,20,21,23). The molecule has 122 valence electrons. The molecule has 0 saturated heterocycles. The predicted molar refractivity (Wildman–Crippen MR) is 94.2 cm³/mol. The average molecular weight is 323 g/mol. The van der Waals surface area contributed by atoms with Crippen molar-refractivity contribution in [1.82, 2.24) is 9.97 Å². The van der Waals surface area contributed by atoms with Crippen LogP contribution < -0.4 is 15.7 Å². The Morgan fingerprint density at radius 3 is 2.79 bits per heavy atom. The van der Waals surface area contributed by atoms with Crippen LogP contribution in [-0.4, -0.2) is 22.5 Å². The summed E-state index contributed by atoms with van der Waals surface area (Å²) < 4.78 is 5.52. The minimum Gasteiger partial charge on any atom is -0.493 e. The molecule has 1 amide bonds. The number of fused-ring (bicyclic) bond motifs is 1. The monoisotopic (exact) mass is 323 g/mol. The van der Waals surface area contributed by atoms with E-state index < -0.39 is 0 Å². The fraction of sp³-hybridized carbons (Fsp3) is 0.111. The second-order valence-corrected chi connectivity index (χ2v) is 5.13. The molecule has 0 saturated carbocycles. The Kier molecular flexibility index (Phi) is 4.47. The van der Waals surface area contributed by atoms with E-state index in [2.05, 4.69) is 15.3 Å². The Balaban J connectivity index is 1.73. The molecule has 0 atom stereocenters. The zero-order valence-corrected chi connectivity index (χ0v) is 13.1. The van der Waals surface area contributed by atoms with Gasteiger partial charge < -0.3 is 20.0 Å². The van der Waals surface area contributed by atoms with Gasteiger partial charge in [0.05, 0.1) is 17.6 Å². The Hall–Kier alpha value is -3.28. The molecule has 3 N–H and O–H groups in total. The normalized spacial score (nSPS) is 11.0. The van der Waals surface area contributed by atoms with E-state index in [1.165, 1.54) is 6.08 Å². The highest BCUT2D eigenvalue weighted by molar-refractivity contribution is 6.02. The molecule has 24 heavy (non-hydrogen) atoms. The van der Waals surface area contributed by atoms with E-state index in [1.807, 2.05) is 31.2 Å². The molecule has 0 aliphatic heterocycles. The lowest BCUT2D eigenvalue weighted by molar-refractivity contribution is -0.111. The van der Waals surface area contributed by atoms with E-state index in [0.717, 1.165) is 11.3 Å². The fourth-order valence-electron chi connectivity index (χ4n) is 2.36. The van der Waals surface area contributed by atoms with E-state index in [0.29, 0.717) is 23.3 Å². The topological polar surface area (TPSA) is 87.0 Å². The number of rotatable bonds is 5. The minimum atomic E-state index is -0.277. The summed E-state index contributed by atoms with van der Waals surface area (Å²) in [4.78, 5) is 28.6. The number of carbonyl (C=O) groups is 1. The third-order valence-electron chi connectivity index (χ3n) is 3.42. The quantitative estimate of drug-likeness (QED) is 0.631. The van der Waals surface area contributed by atoms with Gasteiger partial charge in [-0.05, 0) is 37.3 Å². The summed E-state index contributed by atoms with van der Waals surface area (Å²) in [7, 11) is 0. The number of carbonyl (C=O) groups excluding carboxylic acids is 1. The first-order valence-corrected chi connectivity index (χ1v) is 7.58. The SMILES string of the molecule is CCOc1ccccc1C=CC(=O)Nc1ccc2[nH]c(=O)[nH]c2c1. The van der Waals surface area contributed by atoms with Crippen LogP contribution in [0, 0.1) is 0 Å². The first kappa shape index (κ1) is 15.6. The fourth-order valence-corrected chi connectivity index (χ4v) is 2.36. The predicted octanol–water partition coefficient (Wildman–Crippen LogP) is 2.91. The first-order valence-electron chi connectivity index (χ1n) is 7.58. The van der Waals surface area contributed by atoms with Crippen molar-refractivity contribution in [2.24, 2.45) is 0 Å². The van der Waals surface area contributed by atoms with Crippen LogP contribution in [-0.2, 0) is 4.79 Å². The number of hydrogen-bond donors (Lipinski definition) is 3. The van der Waals surface area contributed by atoms with Gasteiger partial charge in [-0.15, -0.1) is 0 Å². The molecule has 0 radical (unpaired) electrons. The van der Waals surface area contributed by atoms with Crippen LogP contribution in [0.2, 0.25) is 0 Å². The van der Waals surface area contributed by atoms with Crippen molar-refractivity contribution in [3.63, 3.8) is 0 Å². The maximum Gasteiger partial charge on any atom is 0.323 e. The Bertz CT molecular complexity index is 953. The summed E-state index contributed by atoms with van der Waals surface area (Å²) in [6, 6.07) is 12.7. The molecular formula is C18H17N3O3. The molecule has 1 heterocycles. The number of imidazole rings is 1. The molecule has 6 heteroatoms. The van der Waals surface area contributed by atoms with Gasteiger partial charge in [-0.1, -0.05) is 18.2 Å². The van der Waals surface area contributed by atoms with Crippen molar-refractivity contribution in [3.05, 3.63) is 64.6 Å². The second-order valence-electron chi connectivity index (χ2n) is 5.13. The molecule has 0 aliphatic rings. The number of amides is 1. The van der Waals surface area contributed by atoms with Crippen molar-refractivity contribution in [2.75, 3.05) is 11.9 Å². The molecule has 1 aromatic heterocycles. The molecule has 3 rings (SSSR count). The number of H-pyrrole nitrogens is 2. The highest BCUT2D eigenvalue weighted by Gasteiger charge is 2.03. The van der Waals surface area contributed by atoms with Crippen LogP contribution >= 0.6 is 0 Å². The third kappa shape index (κ3) is 3.55. The smallest absolute Gasteiger partial charge is 0.323 e. The van der Waals surface area contributed by atoms with Gasteiger partial charge in [-0.2, -0.15) is 0 Å². The highest BCUT2D eigenvalue weighted by Crippen LogP contribution is 2.19. The summed E-state index contributed by atoms with van der Waals surface area (Å²) in [6.07, 6.45) is 3.15. The molecule has 0 spiro atoms. The second kappa shape index (κ2) is 6.87. The lowest BCUT2D eigenvalue weighted by Gasteiger charge is -2.06. The van der Waals surface area contributed by atoms with Gasteiger partial charge in [0.15, 0.2) is 0 Å². The number of benzene rings is 2. The van der Waals surface area contributed by atoms with Crippen LogP contribution in [0.25, 0.3) is 17.1 Å². The highest BCUT2D eigenvalue weighted by atomic mass is 16.5. The summed E-state index contributed by atoms with van der Waals surface area (Å²) in [6.45, 7) is 2.47.